The fraction of sp³-hybridized carbons (Fsp3) is 0.579. The number of aromatic nitrogens is 4. The Morgan fingerprint density at radius 2 is 1.97 bits per heavy atom. The van der Waals surface area contributed by atoms with Crippen LogP contribution in [0, 0.1) is 27.9 Å². The van der Waals surface area contributed by atoms with E-state index in [1.165, 1.54) is 38.3 Å². The van der Waals surface area contributed by atoms with Crippen LogP contribution in [0.1, 0.15) is 56.7 Å². The molecule has 4 heterocycles. The SMILES string of the molecule is N#Cc1cnn2c1N=Nc1c([nH]c(=S)[nH]c1=O)ONN1CC(C3CCCCC3)CCC12. The lowest BCUT2D eigenvalue weighted by molar-refractivity contribution is -0.0966. The van der Waals surface area contributed by atoms with E-state index in [1.807, 2.05) is 5.01 Å². The first kappa shape index (κ1) is 20.0. The van der Waals surface area contributed by atoms with Crippen molar-refractivity contribution in [3.8, 4) is 11.9 Å². The van der Waals surface area contributed by atoms with Crippen molar-refractivity contribution in [1.29, 1.82) is 5.26 Å². The highest BCUT2D eigenvalue weighted by molar-refractivity contribution is 7.71. The summed E-state index contributed by atoms with van der Waals surface area (Å²) in [7, 11) is 0. The molecule has 0 radical (unpaired) electrons. The van der Waals surface area contributed by atoms with Crippen LogP contribution >= 0.6 is 12.2 Å². The summed E-state index contributed by atoms with van der Waals surface area (Å²) in [6.45, 7) is 0.757. The Hall–Kier alpha value is -2.88. The van der Waals surface area contributed by atoms with Crippen LogP contribution in [0.3, 0.4) is 0 Å². The molecule has 0 bridgehead atoms. The minimum absolute atomic E-state index is 0.0718. The Bertz CT molecular complexity index is 1150. The minimum atomic E-state index is -0.537. The van der Waals surface area contributed by atoms with Gasteiger partial charge in [0.1, 0.15) is 17.8 Å². The molecule has 5 rings (SSSR count). The van der Waals surface area contributed by atoms with Crippen LogP contribution in [0.5, 0.6) is 5.88 Å². The van der Waals surface area contributed by atoms with Gasteiger partial charge in [-0.3, -0.25) is 14.8 Å². The number of nitriles is 1. The largest absolute Gasteiger partial charge is 0.373 e. The summed E-state index contributed by atoms with van der Waals surface area (Å²) in [5.74, 6) is 1.61. The lowest BCUT2D eigenvalue weighted by Crippen LogP contribution is -2.51. The van der Waals surface area contributed by atoms with Crippen molar-refractivity contribution in [2.24, 2.45) is 22.1 Å². The van der Waals surface area contributed by atoms with Crippen molar-refractivity contribution in [3.63, 3.8) is 0 Å². The number of hydrazine groups is 1. The average Bonchev–Trinajstić information content (AvgIpc) is 3.20. The van der Waals surface area contributed by atoms with Crippen molar-refractivity contribution in [3.05, 3.63) is 26.9 Å². The highest BCUT2D eigenvalue weighted by Gasteiger charge is 2.36. The number of rotatable bonds is 1. The molecule has 1 saturated heterocycles. The predicted octanol–water partition coefficient (Wildman–Crippen LogP) is 3.52. The molecule has 2 unspecified atom stereocenters. The van der Waals surface area contributed by atoms with Crippen LogP contribution in [0.25, 0.3) is 0 Å². The molecule has 0 aromatic carbocycles. The summed E-state index contributed by atoms with van der Waals surface area (Å²) in [6.07, 6.45) is 9.57. The van der Waals surface area contributed by atoms with Gasteiger partial charge in [-0.15, -0.1) is 10.2 Å². The third-order valence-corrected chi connectivity index (χ3v) is 6.67. The van der Waals surface area contributed by atoms with Crippen LogP contribution in [0.15, 0.2) is 21.2 Å². The van der Waals surface area contributed by atoms with Gasteiger partial charge in [0.15, 0.2) is 10.6 Å². The number of aromatic amines is 2. The Morgan fingerprint density at radius 1 is 1.13 bits per heavy atom. The Kier molecular flexibility index (Phi) is 5.39. The first-order valence-corrected chi connectivity index (χ1v) is 11.0. The molecule has 12 heteroatoms. The Labute approximate surface area is 183 Å². The highest BCUT2D eigenvalue weighted by atomic mass is 32.1. The van der Waals surface area contributed by atoms with Gasteiger partial charge < -0.3 is 4.84 Å². The summed E-state index contributed by atoms with van der Waals surface area (Å²) in [6, 6.07) is 2.11. The van der Waals surface area contributed by atoms with Crippen molar-refractivity contribution in [2.45, 2.75) is 51.1 Å². The zero-order valence-electron chi connectivity index (χ0n) is 16.9. The second-order valence-electron chi connectivity index (χ2n) is 8.29. The van der Waals surface area contributed by atoms with Crippen molar-refractivity contribution < 1.29 is 4.84 Å². The zero-order valence-corrected chi connectivity index (χ0v) is 17.7. The van der Waals surface area contributed by atoms with Gasteiger partial charge in [0.05, 0.1) is 6.20 Å². The van der Waals surface area contributed by atoms with E-state index < -0.39 is 5.56 Å². The molecule has 2 atom stereocenters. The van der Waals surface area contributed by atoms with Gasteiger partial charge in [-0.1, -0.05) is 37.7 Å². The number of hydrogen-bond donors (Lipinski definition) is 3. The first-order valence-electron chi connectivity index (χ1n) is 10.6. The van der Waals surface area contributed by atoms with Crippen LogP contribution in [-0.2, 0) is 0 Å². The molecule has 0 amide bonds. The molecule has 0 spiro atoms. The summed E-state index contributed by atoms with van der Waals surface area (Å²) >= 11 is 5.07. The number of azo groups is 1. The number of hydrogen-bond acceptors (Lipinski definition) is 9. The third kappa shape index (κ3) is 3.80. The molecule has 2 fully saturated rings. The standard InChI is InChI=1S/C19H23N9O2S/c20-8-13-9-21-28-14-7-6-12(11-4-2-1-3-5-11)10-27(14)26-30-18-15(24-25-16(13)28)17(29)22-19(31)23-18/h9,11-12,14,26H,1-7,10H2,(H2,22,23,29,31). The quantitative estimate of drug-likeness (QED) is 0.575. The van der Waals surface area contributed by atoms with Gasteiger partial charge in [0, 0.05) is 6.54 Å². The van der Waals surface area contributed by atoms with E-state index in [9.17, 15) is 10.1 Å². The molecule has 2 aliphatic heterocycles. The number of nitrogens with one attached hydrogen (secondary N) is 3. The minimum Gasteiger partial charge on any atom is -0.373 e. The smallest absolute Gasteiger partial charge is 0.283 e. The lowest BCUT2D eigenvalue weighted by atomic mass is 9.76. The normalized spacial score (nSPS) is 24.4. The van der Waals surface area contributed by atoms with E-state index >= 15 is 0 Å². The molecule has 1 saturated carbocycles. The third-order valence-electron chi connectivity index (χ3n) is 6.47. The molecule has 1 aliphatic carbocycles. The monoisotopic (exact) mass is 441 g/mol. The summed E-state index contributed by atoms with van der Waals surface area (Å²) in [4.78, 5) is 23.4. The average molecular weight is 442 g/mol. The second kappa shape index (κ2) is 8.33. The molecular weight excluding hydrogens is 418 g/mol. The summed E-state index contributed by atoms with van der Waals surface area (Å²) in [5.41, 5.74) is 2.68. The topological polar surface area (TPSA) is 139 Å². The molecular formula is C19H23N9O2S. The number of nitrogens with zero attached hydrogens (tertiary/aromatic N) is 6. The molecule has 3 aliphatic rings. The van der Waals surface area contributed by atoms with E-state index in [4.69, 9.17) is 17.1 Å². The van der Waals surface area contributed by atoms with E-state index in [2.05, 4.69) is 37.0 Å². The maximum absolute atomic E-state index is 12.4. The van der Waals surface area contributed by atoms with Crippen molar-refractivity contribution in [1.82, 2.24) is 30.3 Å². The molecule has 162 valence electrons. The van der Waals surface area contributed by atoms with E-state index in [1.54, 1.807) is 4.68 Å². The molecule has 2 aromatic rings. The molecule has 11 nitrogen and oxygen atoms in total. The number of piperidine rings is 1. The van der Waals surface area contributed by atoms with Gasteiger partial charge in [-0.25, -0.2) is 4.68 Å². The van der Waals surface area contributed by atoms with Gasteiger partial charge in [-0.2, -0.15) is 15.4 Å². The molecule has 3 N–H and O–H groups in total. The maximum atomic E-state index is 12.4. The van der Waals surface area contributed by atoms with Crippen LogP contribution < -0.4 is 16.0 Å². The first-order chi connectivity index (χ1) is 15.1. The zero-order chi connectivity index (χ0) is 21.4. The second-order valence-corrected chi connectivity index (χ2v) is 8.69. The highest BCUT2D eigenvalue weighted by Crippen LogP contribution is 2.40. The van der Waals surface area contributed by atoms with E-state index in [-0.39, 0.29) is 22.5 Å². The fourth-order valence-electron chi connectivity index (χ4n) is 4.91. The van der Waals surface area contributed by atoms with Crippen LogP contribution in [-0.4, -0.2) is 31.3 Å². The summed E-state index contributed by atoms with van der Waals surface area (Å²) < 4.78 is 1.80. The maximum Gasteiger partial charge on any atom is 0.283 e. The Morgan fingerprint density at radius 3 is 2.77 bits per heavy atom. The van der Waals surface area contributed by atoms with Crippen LogP contribution in [0.2, 0.25) is 0 Å². The molecule has 31 heavy (non-hydrogen) atoms. The van der Waals surface area contributed by atoms with Gasteiger partial charge >= 0.3 is 0 Å². The van der Waals surface area contributed by atoms with Crippen molar-refractivity contribution in [2.75, 3.05) is 6.54 Å². The fourth-order valence-corrected chi connectivity index (χ4v) is 5.09. The van der Waals surface area contributed by atoms with E-state index in [0.717, 1.165) is 19.4 Å². The lowest BCUT2D eigenvalue weighted by Gasteiger charge is -2.42. The molecule has 2 aromatic heterocycles. The van der Waals surface area contributed by atoms with Gasteiger partial charge in [-0.05, 0) is 36.9 Å². The predicted molar refractivity (Wildman–Crippen MR) is 112 cm³/mol. The van der Waals surface area contributed by atoms with E-state index in [0.29, 0.717) is 23.2 Å². The number of fused-ring (bicyclic) bond motifs is 4. The summed E-state index contributed by atoms with van der Waals surface area (Å²) in [5, 5.41) is 24.2. The van der Waals surface area contributed by atoms with Crippen LogP contribution in [0.4, 0.5) is 11.5 Å². The van der Waals surface area contributed by atoms with Gasteiger partial charge in [0.2, 0.25) is 5.69 Å². The van der Waals surface area contributed by atoms with Gasteiger partial charge in [0.25, 0.3) is 11.4 Å². The number of H-pyrrole nitrogens is 2. The Balaban J connectivity index is 1.55. The van der Waals surface area contributed by atoms with Crippen molar-refractivity contribution >= 4 is 23.7 Å².